The van der Waals surface area contributed by atoms with Crippen molar-refractivity contribution in [2.24, 2.45) is 0 Å². The molecule has 1 aliphatic rings. The van der Waals surface area contributed by atoms with Crippen LogP contribution >= 0.6 is 43.5 Å². The molecule has 0 bridgehead atoms. The predicted octanol–water partition coefficient (Wildman–Crippen LogP) is 4.99. The maximum absolute atomic E-state index is 6.35. The third-order valence-corrected chi connectivity index (χ3v) is 4.75. The fraction of sp³-hybridized carbons (Fsp3) is 0.357. The molecule has 3 rings (SSSR count). The van der Waals surface area contributed by atoms with E-state index < -0.39 is 0 Å². The van der Waals surface area contributed by atoms with Gasteiger partial charge in [0, 0.05) is 26.4 Å². The third-order valence-electron chi connectivity index (χ3n) is 3.40. The largest absolute Gasteiger partial charge is 0.251 e. The average Bonchev–Trinajstić information content (AvgIpc) is 2.64. The third kappa shape index (κ3) is 2.90. The molecular weight excluding hydrogens is 405 g/mol. The van der Waals surface area contributed by atoms with E-state index in [4.69, 9.17) is 16.6 Å². The lowest BCUT2D eigenvalue weighted by atomic mass is 10.1. The maximum atomic E-state index is 6.35. The minimum atomic E-state index is 0.573. The van der Waals surface area contributed by atoms with E-state index in [1.54, 1.807) is 6.20 Å². The van der Waals surface area contributed by atoms with Gasteiger partial charge in [-0.3, -0.25) is 4.98 Å². The monoisotopic (exact) mass is 415 g/mol. The number of aryl methyl sites for hydroxylation is 1. The summed E-state index contributed by atoms with van der Waals surface area (Å²) in [5.41, 5.74) is 2.91. The molecule has 2 heterocycles. The van der Waals surface area contributed by atoms with Crippen molar-refractivity contribution < 1.29 is 0 Å². The van der Waals surface area contributed by atoms with Gasteiger partial charge in [0.1, 0.15) is 10.8 Å². The van der Waals surface area contributed by atoms with Gasteiger partial charge in [-0.25, -0.2) is 9.97 Å². The van der Waals surface area contributed by atoms with Crippen LogP contribution in [-0.2, 0) is 12.8 Å². The Balaban J connectivity index is 2.11. The minimum absolute atomic E-state index is 0.573. The van der Waals surface area contributed by atoms with Crippen molar-refractivity contribution in [3.05, 3.63) is 37.6 Å². The quantitative estimate of drug-likeness (QED) is 0.485. The Morgan fingerprint density at radius 1 is 1.05 bits per heavy atom. The lowest BCUT2D eigenvalue weighted by Crippen LogP contribution is -2.03. The van der Waals surface area contributed by atoms with Crippen LogP contribution in [0.25, 0.3) is 11.5 Å². The van der Waals surface area contributed by atoms with E-state index in [1.165, 1.54) is 6.42 Å². The zero-order chi connectivity index (χ0) is 14.1. The molecule has 2 aromatic heterocycles. The van der Waals surface area contributed by atoms with E-state index in [0.717, 1.165) is 51.6 Å². The van der Waals surface area contributed by atoms with Gasteiger partial charge >= 0.3 is 0 Å². The van der Waals surface area contributed by atoms with Crippen molar-refractivity contribution in [1.29, 1.82) is 0 Å². The fourth-order valence-corrected chi connectivity index (χ4v) is 3.86. The zero-order valence-corrected chi connectivity index (χ0v) is 14.6. The summed E-state index contributed by atoms with van der Waals surface area (Å²) in [5, 5.41) is 0.573. The van der Waals surface area contributed by atoms with Crippen molar-refractivity contribution in [3.8, 4) is 11.5 Å². The van der Waals surface area contributed by atoms with Gasteiger partial charge in [-0.1, -0.05) is 18.0 Å². The topological polar surface area (TPSA) is 38.7 Å². The highest BCUT2D eigenvalue weighted by atomic mass is 79.9. The number of rotatable bonds is 1. The number of hydrogen-bond acceptors (Lipinski definition) is 3. The second kappa shape index (κ2) is 6.08. The van der Waals surface area contributed by atoms with Gasteiger partial charge in [-0.15, -0.1) is 0 Å². The minimum Gasteiger partial charge on any atom is -0.251 e. The summed E-state index contributed by atoms with van der Waals surface area (Å²) in [7, 11) is 0. The Morgan fingerprint density at radius 3 is 2.65 bits per heavy atom. The molecule has 3 nitrogen and oxygen atoms in total. The number of pyridine rings is 1. The lowest BCUT2D eigenvalue weighted by Gasteiger charge is -2.10. The Bertz CT molecular complexity index is 661. The molecule has 20 heavy (non-hydrogen) atoms. The van der Waals surface area contributed by atoms with Gasteiger partial charge in [-0.05, 0) is 63.6 Å². The zero-order valence-electron chi connectivity index (χ0n) is 10.7. The number of nitrogens with zero attached hydrogens (tertiary/aromatic N) is 3. The van der Waals surface area contributed by atoms with Crippen molar-refractivity contribution in [3.63, 3.8) is 0 Å². The Kier molecular flexibility index (Phi) is 4.38. The first kappa shape index (κ1) is 14.4. The smallest absolute Gasteiger partial charge is 0.181 e. The summed E-state index contributed by atoms with van der Waals surface area (Å²) in [6.07, 6.45) is 7.23. The molecule has 0 amide bonds. The number of aromatic nitrogens is 3. The Labute approximate surface area is 139 Å². The van der Waals surface area contributed by atoms with Crippen molar-refractivity contribution in [1.82, 2.24) is 15.0 Å². The van der Waals surface area contributed by atoms with E-state index in [9.17, 15) is 0 Å². The van der Waals surface area contributed by atoms with Crippen LogP contribution < -0.4 is 0 Å². The summed E-state index contributed by atoms with van der Waals surface area (Å²) >= 11 is 13.2. The summed E-state index contributed by atoms with van der Waals surface area (Å²) in [5.74, 6) is 0.593. The van der Waals surface area contributed by atoms with Crippen LogP contribution in [-0.4, -0.2) is 15.0 Å². The van der Waals surface area contributed by atoms with E-state index in [0.29, 0.717) is 11.0 Å². The van der Waals surface area contributed by atoms with Crippen LogP contribution in [0.1, 0.15) is 30.5 Å². The maximum Gasteiger partial charge on any atom is 0.181 e. The summed E-state index contributed by atoms with van der Waals surface area (Å²) < 4.78 is 1.77. The first-order valence-electron chi connectivity index (χ1n) is 6.52. The SMILES string of the molecule is Clc1nc(-c2ncc(Br)cc2Br)nc2c1CCCCC2. The van der Waals surface area contributed by atoms with Gasteiger partial charge in [0.15, 0.2) is 5.82 Å². The second-order valence-electron chi connectivity index (χ2n) is 4.81. The first-order valence-corrected chi connectivity index (χ1v) is 8.48. The molecule has 0 atom stereocenters. The molecule has 0 aromatic carbocycles. The van der Waals surface area contributed by atoms with Crippen LogP contribution in [0.15, 0.2) is 21.2 Å². The summed E-state index contributed by atoms with van der Waals surface area (Å²) in [6, 6.07) is 1.94. The highest BCUT2D eigenvalue weighted by molar-refractivity contribution is 9.11. The molecule has 0 saturated heterocycles. The number of fused-ring (bicyclic) bond motifs is 1. The van der Waals surface area contributed by atoms with E-state index >= 15 is 0 Å². The number of halogens is 3. The summed E-state index contributed by atoms with van der Waals surface area (Å²) in [6.45, 7) is 0. The standard InChI is InChI=1S/C14H12Br2ClN3/c15-8-6-10(16)12(18-7-8)14-19-11-5-3-1-2-4-9(11)13(17)20-14/h6-7H,1-5H2. The molecule has 0 radical (unpaired) electrons. The van der Waals surface area contributed by atoms with Gasteiger partial charge in [0.25, 0.3) is 0 Å². The van der Waals surface area contributed by atoms with Gasteiger partial charge in [0.05, 0.1) is 0 Å². The van der Waals surface area contributed by atoms with Crippen LogP contribution in [0.5, 0.6) is 0 Å². The Morgan fingerprint density at radius 2 is 1.85 bits per heavy atom. The van der Waals surface area contributed by atoms with Crippen LogP contribution in [0.2, 0.25) is 5.15 Å². The molecule has 0 fully saturated rings. The van der Waals surface area contributed by atoms with Gasteiger partial charge < -0.3 is 0 Å². The fourth-order valence-electron chi connectivity index (χ4n) is 2.41. The van der Waals surface area contributed by atoms with Crippen molar-refractivity contribution in [2.75, 3.05) is 0 Å². The van der Waals surface area contributed by atoms with Gasteiger partial charge in [-0.2, -0.15) is 0 Å². The molecule has 2 aromatic rings. The first-order chi connectivity index (χ1) is 9.65. The van der Waals surface area contributed by atoms with Crippen molar-refractivity contribution in [2.45, 2.75) is 32.1 Å². The second-order valence-corrected chi connectivity index (χ2v) is 6.94. The molecule has 0 spiro atoms. The van der Waals surface area contributed by atoms with Crippen LogP contribution in [0.4, 0.5) is 0 Å². The molecule has 104 valence electrons. The van der Waals surface area contributed by atoms with Crippen molar-refractivity contribution >= 4 is 43.5 Å². The van der Waals surface area contributed by atoms with E-state index in [1.807, 2.05) is 6.07 Å². The number of hydrogen-bond donors (Lipinski definition) is 0. The van der Waals surface area contributed by atoms with Crippen LogP contribution in [0, 0.1) is 0 Å². The van der Waals surface area contributed by atoms with E-state index in [-0.39, 0.29) is 0 Å². The highest BCUT2D eigenvalue weighted by Gasteiger charge is 2.18. The molecule has 6 heteroatoms. The molecular formula is C14H12Br2ClN3. The molecule has 0 saturated carbocycles. The molecule has 0 aliphatic heterocycles. The van der Waals surface area contributed by atoms with E-state index in [2.05, 4.69) is 41.8 Å². The molecule has 0 N–H and O–H groups in total. The lowest BCUT2D eigenvalue weighted by molar-refractivity contribution is 0.709. The normalized spacial score (nSPS) is 14.8. The average molecular weight is 418 g/mol. The summed E-state index contributed by atoms with van der Waals surface area (Å²) in [4.78, 5) is 13.5. The Hall–Kier alpha value is -0.520. The molecule has 1 aliphatic carbocycles. The van der Waals surface area contributed by atoms with Crippen LogP contribution in [0.3, 0.4) is 0 Å². The molecule has 0 unspecified atom stereocenters. The predicted molar refractivity (Wildman–Crippen MR) is 86.9 cm³/mol. The van der Waals surface area contributed by atoms with Gasteiger partial charge in [0.2, 0.25) is 0 Å². The highest BCUT2D eigenvalue weighted by Crippen LogP contribution is 2.30.